The molecule has 0 bridgehead atoms. The molecule has 15 nitrogen and oxygen atoms in total. The molecule has 0 aliphatic carbocycles. The molecule has 2 amide bonds. The highest BCUT2D eigenvalue weighted by molar-refractivity contribution is 5.97. The van der Waals surface area contributed by atoms with Gasteiger partial charge in [-0.3, -0.25) is 4.79 Å². The first kappa shape index (κ1) is 35.3. The number of ether oxygens (including phenoxy) is 3. The Balaban J connectivity index is 1.39. The van der Waals surface area contributed by atoms with Crippen molar-refractivity contribution in [2.75, 3.05) is 26.2 Å². The lowest BCUT2D eigenvalue weighted by Gasteiger charge is -2.32. The Morgan fingerprint density at radius 2 is 1.38 bits per heavy atom. The second-order valence-electron chi connectivity index (χ2n) is 12.1. The number of hydrogen-bond acceptors (Lipinski definition) is 11. The number of amides is 2. The van der Waals surface area contributed by atoms with Crippen LogP contribution < -0.4 is 31.6 Å². The number of oxime groups is 2. The van der Waals surface area contributed by atoms with Gasteiger partial charge < -0.3 is 51.6 Å². The fourth-order valence-electron chi connectivity index (χ4n) is 4.84. The van der Waals surface area contributed by atoms with Crippen molar-refractivity contribution >= 4 is 23.7 Å². The highest BCUT2D eigenvalue weighted by atomic mass is 16.6. The third-order valence-electron chi connectivity index (χ3n) is 7.24. The molecule has 0 unspecified atom stereocenters. The smallest absolute Gasteiger partial charge is 0.407 e. The summed E-state index contributed by atoms with van der Waals surface area (Å²) in [5, 5.41) is 29.7. The van der Waals surface area contributed by atoms with Crippen molar-refractivity contribution in [1.29, 1.82) is 0 Å². The van der Waals surface area contributed by atoms with Gasteiger partial charge in [-0.25, -0.2) is 4.79 Å². The van der Waals surface area contributed by atoms with Gasteiger partial charge in [-0.15, -0.1) is 0 Å². The molecule has 0 radical (unpaired) electrons. The van der Waals surface area contributed by atoms with Crippen LogP contribution in [-0.2, 0) is 4.74 Å². The minimum absolute atomic E-state index is 0.0343. The Labute approximate surface area is 278 Å². The maximum absolute atomic E-state index is 13.5. The number of alkyl carbamates (subject to hydrolysis) is 1. The van der Waals surface area contributed by atoms with Crippen LogP contribution >= 0.6 is 0 Å². The van der Waals surface area contributed by atoms with Crippen LogP contribution in [0.4, 0.5) is 4.79 Å². The molecule has 256 valence electrons. The van der Waals surface area contributed by atoms with E-state index in [1.54, 1.807) is 48.5 Å². The van der Waals surface area contributed by atoms with Gasteiger partial charge in [0, 0.05) is 48.9 Å². The molecule has 3 aromatic rings. The third kappa shape index (κ3) is 10.8. The number of nitrogens with one attached hydrogen (secondary N) is 2. The number of carbonyl (C=O) groups is 2. The van der Waals surface area contributed by atoms with Crippen molar-refractivity contribution < 1.29 is 34.2 Å². The summed E-state index contributed by atoms with van der Waals surface area (Å²) in [6.45, 7) is 8.43. The van der Waals surface area contributed by atoms with Crippen LogP contribution in [0.5, 0.6) is 23.3 Å². The van der Waals surface area contributed by atoms with E-state index in [0.717, 1.165) is 38.9 Å². The van der Waals surface area contributed by atoms with Gasteiger partial charge in [-0.1, -0.05) is 10.3 Å². The average Bonchev–Trinajstić information content (AvgIpc) is 3.06. The number of amidine groups is 2. The average molecular weight is 663 g/mol. The molecule has 1 aromatic heterocycles. The van der Waals surface area contributed by atoms with Crippen LogP contribution in [0.25, 0.3) is 0 Å². The fraction of sp³-hybridized carbons (Fsp3) is 0.364. The molecule has 1 fully saturated rings. The number of pyridine rings is 1. The number of aromatic nitrogens is 1. The number of nitrogens with zero attached hydrogens (tertiary/aromatic N) is 4. The zero-order chi connectivity index (χ0) is 34.7. The summed E-state index contributed by atoms with van der Waals surface area (Å²) in [7, 11) is 0. The van der Waals surface area contributed by atoms with Gasteiger partial charge in [0.1, 0.15) is 17.1 Å². The van der Waals surface area contributed by atoms with Crippen LogP contribution in [0.3, 0.4) is 0 Å². The van der Waals surface area contributed by atoms with E-state index in [4.69, 9.17) is 36.1 Å². The lowest BCUT2D eigenvalue weighted by Crippen LogP contribution is -2.45. The zero-order valence-electron chi connectivity index (χ0n) is 27.2. The molecule has 2 heterocycles. The van der Waals surface area contributed by atoms with E-state index in [9.17, 15) is 9.59 Å². The van der Waals surface area contributed by atoms with E-state index in [1.807, 2.05) is 20.8 Å². The van der Waals surface area contributed by atoms with Crippen LogP contribution in [0.15, 0.2) is 71.0 Å². The van der Waals surface area contributed by atoms with E-state index >= 15 is 0 Å². The standard InChI is InChI=1S/C33H42N8O7/c1-33(2,3)48-32(43)36-15-4-16-41-17-13-24(14-18-41)37-31(42)23-19-27(46-25-9-5-21(6-10-25)29(34)39-44)38-28(20-23)47-26-11-7-22(8-12-26)30(35)40-45/h5-12,19-20,24,44-45H,4,13-18H2,1-3H3,(H2,34,39)(H2,35,40)(H,36,43)(H,37,42). The topological polar surface area (TPSA) is 219 Å². The minimum atomic E-state index is -0.534. The first-order valence-electron chi connectivity index (χ1n) is 15.5. The molecular formula is C33H42N8O7. The maximum atomic E-state index is 13.5. The van der Waals surface area contributed by atoms with Crippen molar-refractivity contribution in [3.05, 3.63) is 77.4 Å². The van der Waals surface area contributed by atoms with Crippen LogP contribution in [-0.4, -0.2) is 81.8 Å². The molecule has 4 rings (SSSR count). The predicted octanol–water partition coefficient (Wildman–Crippen LogP) is 3.96. The Hall–Kier alpha value is -5.57. The number of carbonyl (C=O) groups excluding carboxylic acids is 2. The molecule has 1 saturated heterocycles. The fourth-order valence-corrected chi connectivity index (χ4v) is 4.84. The molecule has 0 atom stereocenters. The zero-order valence-corrected chi connectivity index (χ0v) is 27.2. The second kappa shape index (κ2) is 16.3. The highest BCUT2D eigenvalue weighted by Crippen LogP contribution is 2.28. The highest BCUT2D eigenvalue weighted by Gasteiger charge is 2.22. The monoisotopic (exact) mass is 662 g/mol. The Morgan fingerprint density at radius 3 is 1.83 bits per heavy atom. The van der Waals surface area contributed by atoms with Crippen LogP contribution in [0.1, 0.15) is 61.5 Å². The number of benzene rings is 2. The van der Waals surface area contributed by atoms with Gasteiger partial charge in [-0.2, -0.15) is 4.98 Å². The second-order valence-corrected chi connectivity index (χ2v) is 12.1. The lowest BCUT2D eigenvalue weighted by molar-refractivity contribution is 0.0525. The molecule has 8 N–H and O–H groups in total. The molecular weight excluding hydrogens is 620 g/mol. The van der Waals surface area contributed by atoms with Crippen LogP contribution in [0.2, 0.25) is 0 Å². The van der Waals surface area contributed by atoms with Crippen LogP contribution in [0, 0.1) is 0 Å². The van der Waals surface area contributed by atoms with Crippen molar-refractivity contribution in [3.63, 3.8) is 0 Å². The summed E-state index contributed by atoms with van der Waals surface area (Å²) >= 11 is 0. The summed E-state index contributed by atoms with van der Waals surface area (Å²) in [6, 6.07) is 16.0. The van der Waals surface area contributed by atoms with E-state index in [1.165, 1.54) is 12.1 Å². The normalized spacial score (nSPS) is 14.6. The summed E-state index contributed by atoms with van der Waals surface area (Å²) < 4.78 is 17.2. The number of hydrogen-bond donors (Lipinski definition) is 6. The van der Waals surface area contributed by atoms with E-state index < -0.39 is 11.7 Å². The van der Waals surface area contributed by atoms with Gasteiger partial charge in [0.25, 0.3) is 5.91 Å². The van der Waals surface area contributed by atoms with Crippen molar-refractivity contribution in [1.82, 2.24) is 20.5 Å². The number of rotatable bonds is 12. The predicted molar refractivity (Wildman–Crippen MR) is 178 cm³/mol. The molecule has 1 aliphatic heterocycles. The quantitative estimate of drug-likeness (QED) is 0.0536. The number of nitrogens with two attached hydrogens (primary N) is 2. The number of piperidine rings is 1. The summed E-state index contributed by atoms with van der Waals surface area (Å²) in [4.78, 5) is 32.1. The molecule has 1 aliphatic rings. The Bertz CT molecular complexity index is 1520. The van der Waals surface area contributed by atoms with Gasteiger partial charge in [-0.05, 0) is 95.1 Å². The summed E-state index contributed by atoms with van der Waals surface area (Å²) in [5.74, 6) is 0.613. The molecule has 0 saturated carbocycles. The minimum Gasteiger partial charge on any atom is -0.444 e. The van der Waals surface area contributed by atoms with Crippen molar-refractivity contribution in [2.24, 2.45) is 21.8 Å². The molecule has 2 aromatic carbocycles. The van der Waals surface area contributed by atoms with Gasteiger partial charge in [0.2, 0.25) is 11.8 Å². The van der Waals surface area contributed by atoms with Crippen molar-refractivity contribution in [3.8, 4) is 23.3 Å². The van der Waals surface area contributed by atoms with Crippen molar-refractivity contribution in [2.45, 2.75) is 51.7 Å². The first-order valence-corrected chi connectivity index (χ1v) is 15.5. The molecule has 48 heavy (non-hydrogen) atoms. The third-order valence-corrected chi connectivity index (χ3v) is 7.24. The summed E-state index contributed by atoms with van der Waals surface area (Å²) in [5.41, 5.74) is 12.0. The maximum Gasteiger partial charge on any atom is 0.407 e. The number of likely N-dealkylation sites (tertiary alicyclic amines) is 1. The van der Waals surface area contributed by atoms with Gasteiger partial charge in [0.15, 0.2) is 11.7 Å². The van der Waals surface area contributed by atoms with Gasteiger partial charge >= 0.3 is 6.09 Å². The largest absolute Gasteiger partial charge is 0.444 e. The van der Waals surface area contributed by atoms with E-state index in [2.05, 4.69) is 30.8 Å². The SMILES string of the molecule is CC(C)(C)OC(=O)NCCCN1CCC(NC(=O)c2cc(Oc3ccc(C(N)=NO)cc3)nc(Oc3ccc(C(N)=NO)cc3)c2)CC1. The van der Waals surface area contributed by atoms with Gasteiger partial charge in [0.05, 0.1) is 5.56 Å². The van der Waals surface area contributed by atoms with E-state index in [0.29, 0.717) is 29.2 Å². The Morgan fingerprint density at radius 1 is 0.875 bits per heavy atom. The molecule has 0 spiro atoms. The van der Waals surface area contributed by atoms with E-state index in [-0.39, 0.29) is 40.9 Å². The lowest BCUT2D eigenvalue weighted by atomic mass is 10.0. The first-order chi connectivity index (χ1) is 22.9. The Kier molecular flexibility index (Phi) is 12.0. The molecule has 15 heteroatoms. The summed E-state index contributed by atoms with van der Waals surface area (Å²) in [6.07, 6.45) is 1.90.